The van der Waals surface area contributed by atoms with Gasteiger partial charge in [-0.15, -0.1) is 0 Å². The minimum absolute atomic E-state index is 0.625. The fraction of sp³-hybridized carbons (Fsp3) is 0.200. The maximum Gasteiger partial charge on any atom is 0.161 e. The minimum atomic E-state index is 0.625. The van der Waals surface area contributed by atoms with Crippen LogP contribution in [0.25, 0.3) is 0 Å². The standard InChI is InChI=1S/C16H17NO.C15H15NO.C14H13NO/c1-2-13-7-3-5-9-15(13)17-11-14-8-4-6-10-16(14)18-12-17;1-12-5-4-7-14(9-12)16-10-13-6-2-3-8-15(13)17-11-16;1-2-7-13(8-3-1)15-10-12-6-4-5-9-14(12)16-11-15/h3-10H,2,11-12H2,1H3;2-9H,10-11H2,1H3;1-9H,10-11H2. The van der Waals surface area contributed by atoms with E-state index in [9.17, 15) is 0 Å². The van der Waals surface area contributed by atoms with Crippen LogP contribution in [0.2, 0.25) is 0 Å². The highest BCUT2D eigenvalue weighted by molar-refractivity contribution is 5.56. The van der Waals surface area contributed by atoms with E-state index in [0.717, 1.165) is 43.3 Å². The second-order valence-corrected chi connectivity index (χ2v) is 12.9. The van der Waals surface area contributed by atoms with Gasteiger partial charge in [0.25, 0.3) is 0 Å². The number of nitrogens with zero attached hydrogens (tertiary/aromatic N) is 3. The fourth-order valence-electron chi connectivity index (χ4n) is 6.59. The average Bonchev–Trinajstić information content (AvgIpc) is 3.21. The third-order valence-corrected chi connectivity index (χ3v) is 9.33. The molecule has 0 fully saturated rings. The van der Waals surface area contributed by atoms with Crippen molar-refractivity contribution in [3.8, 4) is 17.2 Å². The SMILES string of the molecule is CCc1ccccc1N1COc2ccccc2C1.Cc1cccc(N2COc3ccccc3C2)c1.c1ccc(N2COc3ccccc3C2)cc1. The average molecular weight is 676 g/mol. The Hall–Kier alpha value is -5.88. The predicted molar refractivity (Wildman–Crippen MR) is 208 cm³/mol. The molecule has 0 atom stereocenters. The first kappa shape index (κ1) is 33.6. The van der Waals surface area contributed by atoms with Gasteiger partial charge in [0.15, 0.2) is 20.2 Å². The lowest BCUT2D eigenvalue weighted by molar-refractivity contribution is 0.289. The van der Waals surface area contributed by atoms with Gasteiger partial charge < -0.3 is 28.9 Å². The lowest BCUT2D eigenvalue weighted by Crippen LogP contribution is -2.32. The molecule has 6 nitrogen and oxygen atoms in total. The minimum Gasteiger partial charge on any atom is -0.473 e. The summed E-state index contributed by atoms with van der Waals surface area (Å²) in [6.07, 6.45) is 1.05. The second kappa shape index (κ2) is 16.2. The van der Waals surface area contributed by atoms with E-state index in [1.807, 2.05) is 42.5 Å². The summed E-state index contributed by atoms with van der Waals surface area (Å²) in [5.41, 5.74) is 10.1. The van der Waals surface area contributed by atoms with Crippen LogP contribution < -0.4 is 28.9 Å². The molecule has 9 rings (SSSR count). The highest BCUT2D eigenvalue weighted by Gasteiger charge is 2.19. The van der Waals surface area contributed by atoms with Crippen LogP contribution in [0.15, 0.2) is 152 Å². The molecule has 0 bridgehead atoms. The molecule has 3 aliphatic heterocycles. The second-order valence-electron chi connectivity index (χ2n) is 12.9. The van der Waals surface area contributed by atoms with Crippen LogP contribution in [0.4, 0.5) is 17.1 Å². The van der Waals surface area contributed by atoms with Gasteiger partial charge in [-0.2, -0.15) is 0 Å². The quantitative estimate of drug-likeness (QED) is 0.185. The van der Waals surface area contributed by atoms with Crippen LogP contribution >= 0.6 is 0 Å². The molecule has 6 aromatic carbocycles. The van der Waals surface area contributed by atoms with Gasteiger partial charge in [-0.05, 0) is 73.0 Å². The van der Waals surface area contributed by atoms with Gasteiger partial charge in [-0.3, -0.25) is 0 Å². The summed E-state index contributed by atoms with van der Waals surface area (Å²) >= 11 is 0. The number of hydrogen-bond donors (Lipinski definition) is 0. The van der Waals surface area contributed by atoms with Gasteiger partial charge in [0.05, 0.1) is 0 Å². The summed E-state index contributed by atoms with van der Waals surface area (Å²) in [5.74, 6) is 3.04. The smallest absolute Gasteiger partial charge is 0.161 e. The molecule has 0 aliphatic carbocycles. The van der Waals surface area contributed by atoms with Crippen molar-refractivity contribution in [3.63, 3.8) is 0 Å². The molecule has 0 amide bonds. The Morgan fingerprint density at radius 3 is 1.47 bits per heavy atom. The van der Waals surface area contributed by atoms with Crippen molar-refractivity contribution in [1.82, 2.24) is 0 Å². The van der Waals surface area contributed by atoms with Crippen LogP contribution in [-0.4, -0.2) is 20.2 Å². The molecule has 3 aliphatic rings. The van der Waals surface area contributed by atoms with Crippen molar-refractivity contribution in [3.05, 3.63) is 179 Å². The molecule has 0 aromatic heterocycles. The zero-order valence-electron chi connectivity index (χ0n) is 29.4. The summed E-state index contributed by atoms with van der Waals surface area (Å²) in [6, 6.07) is 52.1. The maximum absolute atomic E-state index is 5.82. The van der Waals surface area contributed by atoms with Gasteiger partial charge in [-0.25, -0.2) is 0 Å². The zero-order valence-corrected chi connectivity index (χ0v) is 29.4. The molecule has 6 heteroatoms. The largest absolute Gasteiger partial charge is 0.473 e. The van der Waals surface area contributed by atoms with E-state index >= 15 is 0 Å². The zero-order chi connectivity index (χ0) is 34.8. The van der Waals surface area contributed by atoms with Crippen molar-refractivity contribution < 1.29 is 14.2 Å². The first-order chi connectivity index (χ1) is 25.1. The number of benzene rings is 6. The normalized spacial score (nSPS) is 14.0. The monoisotopic (exact) mass is 675 g/mol. The van der Waals surface area contributed by atoms with Gasteiger partial charge in [0.1, 0.15) is 17.2 Å². The predicted octanol–water partition coefficient (Wildman–Crippen LogP) is 10.0. The van der Waals surface area contributed by atoms with Crippen LogP contribution in [-0.2, 0) is 26.1 Å². The Balaban J connectivity index is 0.000000120. The van der Waals surface area contributed by atoms with Crippen LogP contribution in [0, 0.1) is 6.92 Å². The van der Waals surface area contributed by atoms with E-state index in [-0.39, 0.29) is 0 Å². The summed E-state index contributed by atoms with van der Waals surface area (Å²) < 4.78 is 17.3. The Kier molecular flexibility index (Phi) is 10.7. The van der Waals surface area contributed by atoms with Crippen molar-refractivity contribution in [1.29, 1.82) is 0 Å². The number of aryl methyl sites for hydroxylation is 2. The molecular formula is C45H45N3O3. The van der Waals surface area contributed by atoms with E-state index < -0.39 is 0 Å². The lowest BCUT2D eigenvalue weighted by Gasteiger charge is -2.32. The number of anilines is 3. The van der Waals surface area contributed by atoms with Crippen LogP contribution in [0.3, 0.4) is 0 Å². The van der Waals surface area contributed by atoms with Crippen molar-refractivity contribution in [2.24, 2.45) is 0 Å². The molecular weight excluding hydrogens is 631 g/mol. The summed E-state index contributed by atoms with van der Waals surface area (Å²) in [4.78, 5) is 6.76. The van der Waals surface area contributed by atoms with E-state index in [2.05, 4.69) is 138 Å². The first-order valence-corrected chi connectivity index (χ1v) is 17.7. The molecule has 0 saturated carbocycles. The van der Waals surface area contributed by atoms with Gasteiger partial charge in [-0.1, -0.05) is 110 Å². The molecule has 258 valence electrons. The molecule has 0 N–H and O–H groups in total. The Labute approximate surface area is 302 Å². The van der Waals surface area contributed by atoms with Crippen molar-refractivity contribution in [2.75, 3.05) is 34.9 Å². The molecule has 0 spiro atoms. The molecule has 6 aromatic rings. The van der Waals surface area contributed by atoms with E-state index in [1.54, 1.807) is 0 Å². The molecule has 3 heterocycles. The number of fused-ring (bicyclic) bond motifs is 3. The van der Waals surface area contributed by atoms with Crippen molar-refractivity contribution in [2.45, 2.75) is 39.9 Å². The molecule has 0 saturated heterocycles. The molecule has 0 radical (unpaired) electrons. The van der Waals surface area contributed by atoms with Crippen molar-refractivity contribution >= 4 is 17.1 Å². The Morgan fingerprint density at radius 1 is 0.451 bits per heavy atom. The Bertz CT molecular complexity index is 2030. The molecule has 51 heavy (non-hydrogen) atoms. The summed E-state index contributed by atoms with van der Waals surface area (Å²) in [6.45, 7) is 8.95. The van der Waals surface area contributed by atoms with E-state index in [4.69, 9.17) is 14.2 Å². The number of para-hydroxylation sites is 5. The van der Waals surface area contributed by atoms with E-state index in [0.29, 0.717) is 20.2 Å². The molecule has 0 unspecified atom stereocenters. The number of rotatable bonds is 4. The van der Waals surface area contributed by atoms with Gasteiger partial charge in [0, 0.05) is 53.4 Å². The van der Waals surface area contributed by atoms with Crippen LogP contribution in [0.1, 0.15) is 34.7 Å². The van der Waals surface area contributed by atoms with Gasteiger partial charge in [0.2, 0.25) is 0 Å². The number of ether oxygens (including phenoxy) is 3. The number of hydrogen-bond acceptors (Lipinski definition) is 6. The fourth-order valence-corrected chi connectivity index (χ4v) is 6.59. The lowest BCUT2D eigenvalue weighted by atomic mass is 10.1. The Morgan fingerprint density at radius 2 is 0.902 bits per heavy atom. The van der Waals surface area contributed by atoms with Crippen LogP contribution in [0.5, 0.6) is 17.2 Å². The highest BCUT2D eigenvalue weighted by Crippen LogP contribution is 2.31. The third kappa shape index (κ3) is 8.30. The summed E-state index contributed by atoms with van der Waals surface area (Å²) in [7, 11) is 0. The highest BCUT2D eigenvalue weighted by atomic mass is 16.5. The topological polar surface area (TPSA) is 37.4 Å². The van der Waals surface area contributed by atoms with E-state index in [1.165, 1.54) is 44.9 Å². The first-order valence-electron chi connectivity index (χ1n) is 17.7. The maximum atomic E-state index is 5.82. The summed E-state index contributed by atoms with van der Waals surface area (Å²) in [5, 5.41) is 0. The van der Waals surface area contributed by atoms with Gasteiger partial charge >= 0.3 is 0 Å². The third-order valence-electron chi connectivity index (χ3n) is 9.33.